The fourth-order valence-corrected chi connectivity index (χ4v) is 27.8. The largest absolute Gasteiger partial charge is 0.0910 e. The molecule has 696 valence electrons. The molecule has 12 saturated carbocycles. The Bertz CT molecular complexity index is 7370. The maximum Gasteiger partial charge on any atom is 0.0338 e. The van der Waals surface area contributed by atoms with Gasteiger partial charge in [0.1, 0.15) is 0 Å². The van der Waals surface area contributed by atoms with E-state index in [0.29, 0.717) is 10.8 Å². The lowest BCUT2D eigenvalue weighted by molar-refractivity contribution is -0.0691. The zero-order valence-corrected chi connectivity index (χ0v) is 82.6. The quantitative estimate of drug-likeness (QED) is 0.146. The van der Waals surface area contributed by atoms with E-state index in [0.717, 1.165) is 169 Å². The van der Waals surface area contributed by atoms with Crippen molar-refractivity contribution in [2.45, 2.75) is 148 Å². The summed E-state index contributed by atoms with van der Waals surface area (Å²) in [6.07, 6.45) is 22.0. The molecule has 0 heterocycles. The van der Waals surface area contributed by atoms with E-state index in [1.54, 1.807) is 0 Å². The minimum absolute atomic E-state index is 0.0799. The van der Waals surface area contributed by atoms with Crippen LogP contribution < -0.4 is 0 Å². The van der Waals surface area contributed by atoms with Crippen molar-refractivity contribution in [3.05, 3.63) is 570 Å². The van der Waals surface area contributed by atoms with E-state index in [2.05, 4.69) is 385 Å². The topological polar surface area (TPSA) is 0 Å². The SMILES string of the molecule is C(#Cc1ccc(C#CC23CC4CC(C2)CC(C#Cc2ccc(C#Cc5ccccc5)cc2)(C4)C3)cc1)c1ccccc1.C(#Cc1ccc(C23CC4(c5ccc(C#Cc6ccccc6)cc5)CC(c5ccc(C#Cc6ccccc6)cc5)(C2)CC(c2ccc(C#Cc5ccccc5)cc2)(C3)C4)cc1)c1ccccc1.C(#Cc1ccc(C23CC4CC(C2)CC(c2ccc(C#Cc5ccccc5)cc2)(C4)C3)cc1)c1ccccc1. The molecule has 28 rings (SSSR count). The molecule has 0 unspecified atom stereocenters. The highest BCUT2D eigenvalue weighted by Gasteiger charge is 2.70. The molecule has 0 saturated heterocycles. The van der Waals surface area contributed by atoms with Crippen molar-refractivity contribution in [2.75, 3.05) is 0 Å². The second-order valence-corrected chi connectivity index (χ2v) is 43.3. The van der Waals surface area contributed by atoms with Gasteiger partial charge in [-0.05, 0) is 424 Å². The Morgan fingerprint density at radius 2 is 0.253 bits per heavy atom. The summed E-state index contributed by atoms with van der Waals surface area (Å²) < 4.78 is 0. The number of hydrogen-bond donors (Lipinski definition) is 0. The Morgan fingerprint density at radius 1 is 0.123 bits per heavy atom. The summed E-state index contributed by atoms with van der Waals surface area (Å²) >= 11 is 0. The summed E-state index contributed by atoms with van der Waals surface area (Å²) in [5.41, 5.74) is 28.1. The van der Waals surface area contributed by atoms with Crippen LogP contribution in [0.3, 0.4) is 0 Å². The summed E-state index contributed by atoms with van der Waals surface area (Å²) in [4.78, 5) is 0. The number of hydrogen-bond acceptors (Lipinski definition) is 0. The van der Waals surface area contributed by atoms with Gasteiger partial charge in [-0.2, -0.15) is 0 Å². The lowest BCUT2D eigenvalue weighted by Gasteiger charge is -2.71. The van der Waals surface area contributed by atoms with Gasteiger partial charge in [0.2, 0.25) is 0 Å². The normalized spacial score (nSPS) is 23.9. The van der Waals surface area contributed by atoms with Crippen molar-refractivity contribution >= 4 is 0 Å². The average Bonchev–Trinajstić information content (AvgIpc) is 0.667. The van der Waals surface area contributed by atoms with E-state index < -0.39 is 0 Å². The Balaban J connectivity index is 0.000000127. The molecule has 16 aromatic carbocycles. The van der Waals surface area contributed by atoms with Crippen LogP contribution in [-0.4, -0.2) is 0 Å². The van der Waals surface area contributed by atoms with Gasteiger partial charge in [-0.15, -0.1) is 0 Å². The zero-order valence-electron chi connectivity index (χ0n) is 82.6. The summed E-state index contributed by atoms with van der Waals surface area (Å²) in [6, 6.07) is 155. The van der Waals surface area contributed by atoms with Crippen LogP contribution in [0.5, 0.6) is 0 Å². The highest BCUT2D eigenvalue weighted by atomic mass is 14.7. The van der Waals surface area contributed by atoms with Crippen LogP contribution >= 0.6 is 0 Å². The van der Waals surface area contributed by atoms with Crippen LogP contribution in [0.1, 0.15) is 249 Å². The van der Waals surface area contributed by atoms with Crippen LogP contribution in [0, 0.1) is 153 Å². The van der Waals surface area contributed by atoms with Gasteiger partial charge in [0.15, 0.2) is 0 Å². The summed E-state index contributed by atoms with van der Waals surface area (Å²) in [7, 11) is 0. The average molecular weight is 1870 g/mol. The van der Waals surface area contributed by atoms with Crippen molar-refractivity contribution in [1.29, 1.82) is 0 Å². The molecule has 12 aliphatic rings. The highest BCUT2D eigenvalue weighted by Crippen LogP contribution is 2.75. The number of benzene rings is 16. The van der Waals surface area contributed by atoms with Crippen molar-refractivity contribution < 1.29 is 0 Å². The highest BCUT2D eigenvalue weighted by molar-refractivity contribution is 5.59. The monoisotopic (exact) mass is 1860 g/mol. The molecule has 0 atom stereocenters. The fraction of sp³-hybridized carbons (Fsp3) is 0.205. The molecule has 0 aliphatic heterocycles. The number of rotatable bonds is 6. The maximum absolute atomic E-state index is 3.81. The van der Waals surface area contributed by atoms with Gasteiger partial charge in [0.25, 0.3) is 0 Å². The molecule has 0 amide bonds. The second kappa shape index (κ2) is 40.9. The van der Waals surface area contributed by atoms with Crippen molar-refractivity contribution in [3.63, 3.8) is 0 Å². The van der Waals surface area contributed by atoms with Gasteiger partial charge in [-0.1, -0.05) is 337 Å². The van der Waals surface area contributed by atoms with Gasteiger partial charge in [0.05, 0.1) is 0 Å². The van der Waals surface area contributed by atoms with Crippen LogP contribution in [0.25, 0.3) is 0 Å². The van der Waals surface area contributed by atoms with E-state index in [-0.39, 0.29) is 32.5 Å². The zero-order chi connectivity index (χ0) is 97.9. The van der Waals surface area contributed by atoms with E-state index in [1.165, 1.54) is 104 Å². The summed E-state index contributed by atoms with van der Waals surface area (Å²) in [5.74, 6) is 71.7. The first-order valence-electron chi connectivity index (χ1n) is 52.2. The summed E-state index contributed by atoms with van der Waals surface area (Å²) in [5, 5.41) is 0. The molecule has 0 nitrogen and oxygen atoms in total. The van der Waals surface area contributed by atoms with Crippen LogP contribution in [0.2, 0.25) is 0 Å². The van der Waals surface area contributed by atoms with Crippen LogP contribution in [0.4, 0.5) is 0 Å². The Kier molecular flexibility index (Phi) is 26.0. The molecular formula is C146H112. The molecule has 12 bridgehead atoms. The standard InChI is InChI=1S/C66H48.C42H32.C38H32/c1-5-13-51(14-6-1)21-25-55-29-37-59(38-30-55)63-45-64(60-39-31-56(32-40-60)26-22-52-15-7-2-8-16-52)48-65(46-63,61-41-33-57(34-42-61)27-23-53-17-9-3-10-18-53)50-66(47-63,49-64)62-43-35-58(36-44-62)28-24-54-19-11-4-12-20-54;1-3-7-33(8-4-1)11-13-35-15-19-37(20-16-35)23-25-41-28-39-27-40(29-41)31-42(30-39,32-41)26-24-38-21-17-36(18-22-38)14-12-34-9-5-2-6-10-34;1-3-7-29(8-4-1)11-13-31-15-19-35(20-16-31)37-24-33-23-34(25-37)27-38(26-33,28-37)36-21-17-32(18-22-36)14-12-30-9-5-2-6-10-30/h1-20,29-44H,45-50H2;1-10,15-22,39-40H,27-32H2;1-10,15-22,33-34H,23-28H2. The third-order valence-electron chi connectivity index (χ3n) is 32.9. The fourth-order valence-electron chi connectivity index (χ4n) is 27.8. The molecule has 16 aromatic rings. The van der Waals surface area contributed by atoms with Gasteiger partial charge in [-0.3, -0.25) is 0 Å². The molecule has 0 N–H and O–H groups in total. The predicted octanol–water partition coefficient (Wildman–Crippen LogP) is 30.5. The third kappa shape index (κ3) is 20.9. The smallest absolute Gasteiger partial charge is 0.0338 e. The molecule has 146 heavy (non-hydrogen) atoms. The molecule has 12 aliphatic carbocycles. The first-order chi connectivity index (χ1) is 71.8. The van der Waals surface area contributed by atoms with E-state index in [1.807, 2.05) is 170 Å². The maximum atomic E-state index is 3.81. The van der Waals surface area contributed by atoms with Crippen molar-refractivity contribution in [1.82, 2.24) is 0 Å². The molecular weight excluding hydrogens is 1750 g/mol. The van der Waals surface area contributed by atoms with Crippen molar-refractivity contribution in [2.24, 2.45) is 34.5 Å². The van der Waals surface area contributed by atoms with E-state index in [9.17, 15) is 0 Å². The van der Waals surface area contributed by atoms with Gasteiger partial charge in [-0.25, -0.2) is 0 Å². The molecule has 0 aromatic heterocycles. The van der Waals surface area contributed by atoms with Crippen molar-refractivity contribution in [3.8, 4) is 118 Å². The molecule has 0 radical (unpaired) electrons. The molecule has 0 spiro atoms. The Labute approximate surface area is 864 Å². The lowest BCUT2D eigenvalue weighted by Crippen LogP contribution is -2.67. The van der Waals surface area contributed by atoms with Gasteiger partial charge in [0, 0.05) is 111 Å². The van der Waals surface area contributed by atoms with Crippen LogP contribution in [0.15, 0.2) is 437 Å². The first-order valence-corrected chi connectivity index (χ1v) is 52.2. The van der Waals surface area contributed by atoms with E-state index in [4.69, 9.17) is 0 Å². The van der Waals surface area contributed by atoms with Crippen LogP contribution in [-0.2, 0) is 32.5 Å². The minimum atomic E-state index is -0.0799. The Morgan fingerprint density at radius 3 is 0.425 bits per heavy atom. The summed E-state index contributed by atoms with van der Waals surface area (Å²) in [6.45, 7) is 0. The molecule has 12 fully saturated rings. The third-order valence-corrected chi connectivity index (χ3v) is 32.9. The second-order valence-electron chi connectivity index (χ2n) is 43.3. The van der Waals surface area contributed by atoms with E-state index >= 15 is 0 Å². The van der Waals surface area contributed by atoms with Gasteiger partial charge < -0.3 is 0 Å². The molecule has 0 heteroatoms. The first kappa shape index (κ1) is 92.8. The lowest BCUT2D eigenvalue weighted by atomic mass is 9.32. The van der Waals surface area contributed by atoms with Gasteiger partial charge >= 0.3 is 0 Å². The Hall–Kier alpha value is -16.9. The predicted molar refractivity (Wildman–Crippen MR) is 597 cm³/mol. The minimum Gasteiger partial charge on any atom is -0.0910 e.